The second kappa shape index (κ2) is 8.93. The number of nitrogens with zero attached hydrogens (tertiary/aromatic N) is 1. The number of hydrogen-bond acceptors (Lipinski definition) is 3. The van der Waals surface area contributed by atoms with E-state index in [0.717, 1.165) is 30.8 Å². The lowest BCUT2D eigenvalue weighted by molar-refractivity contribution is 0.0846. The number of likely N-dealkylation sites (N-methyl/N-ethyl adjacent to an activating group) is 1. The van der Waals surface area contributed by atoms with Crippen molar-refractivity contribution in [2.75, 3.05) is 31.6 Å². The summed E-state index contributed by atoms with van der Waals surface area (Å²) in [6.07, 6.45) is 1.27. The second-order valence-corrected chi connectivity index (χ2v) is 5.26. The van der Waals surface area contributed by atoms with Gasteiger partial charge in [0, 0.05) is 31.4 Å². The lowest BCUT2D eigenvalue weighted by Gasteiger charge is -2.23. The number of anilines is 1. The molecule has 0 bridgehead atoms. The second-order valence-electron chi connectivity index (χ2n) is 5.26. The Labute approximate surface area is 122 Å². The maximum Gasteiger partial charge on any atom is 0.129 e. The number of benzene rings is 1. The molecule has 0 saturated carbocycles. The molecule has 20 heavy (non-hydrogen) atoms. The van der Waals surface area contributed by atoms with Gasteiger partial charge in [-0.1, -0.05) is 13.0 Å². The van der Waals surface area contributed by atoms with E-state index in [4.69, 9.17) is 4.74 Å². The van der Waals surface area contributed by atoms with E-state index < -0.39 is 0 Å². The van der Waals surface area contributed by atoms with E-state index >= 15 is 0 Å². The molecule has 1 rings (SSSR count). The summed E-state index contributed by atoms with van der Waals surface area (Å²) in [5, 5.41) is 3.26. The van der Waals surface area contributed by atoms with Crippen LogP contribution in [0.25, 0.3) is 0 Å². The average molecular weight is 282 g/mol. The standard InChI is InChI=1S/C16H27FN2O/c1-5-9-18-12-14-15(17)7-6-8-16(14)19(4)10-11-20-13(2)3/h6-8,13,18H,5,9-12H2,1-4H3. The Morgan fingerprint density at radius 2 is 2.10 bits per heavy atom. The number of rotatable bonds is 9. The minimum atomic E-state index is -0.150. The van der Waals surface area contributed by atoms with Crippen LogP contribution in [-0.4, -0.2) is 32.8 Å². The van der Waals surface area contributed by atoms with Gasteiger partial charge in [-0.15, -0.1) is 0 Å². The highest BCUT2D eigenvalue weighted by Gasteiger charge is 2.11. The Bertz CT molecular complexity index is 396. The number of nitrogens with one attached hydrogen (secondary N) is 1. The van der Waals surface area contributed by atoms with Gasteiger partial charge in [0.2, 0.25) is 0 Å². The molecule has 3 nitrogen and oxygen atoms in total. The highest BCUT2D eigenvalue weighted by atomic mass is 19.1. The van der Waals surface area contributed by atoms with Gasteiger partial charge in [-0.3, -0.25) is 0 Å². The van der Waals surface area contributed by atoms with Crippen LogP contribution < -0.4 is 10.2 Å². The van der Waals surface area contributed by atoms with Crippen LogP contribution in [0.15, 0.2) is 18.2 Å². The van der Waals surface area contributed by atoms with Crippen molar-refractivity contribution in [3.8, 4) is 0 Å². The summed E-state index contributed by atoms with van der Waals surface area (Å²) in [5.41, 5.74) is 1.66. The van der Waals surface area contributed by atoms with E-state index in [-0.39, 0.29) is 11.9 Å². The number of halogens is 1. The van der Waals surface area contributed by atoms with Crippen LogP contribution in [0.4, 0.5) is 10.1 Å². The fraction of sp³-hybridized carbons (Fsp3) is 0.625. The van der Waals surface area contributed by atoms with Crippen LogP contribution in [0.3, 0.4) is 0 Å². The highest BCUT2D eigenvalue weighted by Crippen LogP contribution is 2.22. The molecular weight excluding hydrogens is 255 g/mol. The van der Waals surface area contributed by atoms with Crippen molar-refractivity contribution in [1.29, 1.82) is 0 Å². The Balaban J connectivity index is 2.69. The average Bonchev–Trinajstić information content (AvgIpc) is 2.40. The summed E-state index contributed by atoms with van der Waals surface area (Å²) in [6.45, 7) is 8.99. The lowest BCUT2D eigenvalue weighted by Crippen LogP contribution is -2.26. The van der Waals surface area contributed by atoms with Gasteiger partial charge in [-0.05, 0) is 38.9 Å². The van der Waals surface area contributed by atoms with E-state index in [0.29, 0.717) is 13.2 Å². The van der Waals surface area contributed by atoms with Gasteiger partial charge < -0.3 is 15.0 Å². The van der Waals surface area contributed by atoms with E-state index in [1.807, 2.05) is 27.0 Å². The van der Waals surface area contributed by atoms with Gasteiger partial charge in [0.25, 0.3) is 0 Å². The normalized spacial score (nSPS) is 11.1. The zero-order valence-corrected chi connectivity index (χ0v) is 13.1. The molecule has 1 aromatic carbocycles. The number of ether oxygens (including phenoxy) is 1. The summed E-state index contributed by atoms with van der Waals surface area (Å²) in [5.74, 6) is -0.150. The first-order valence-corrected chi connectivity index (χ1v) is 7.37. The first kappa shape index (κ1) is 16.9. The van der Waals surface area contributed by atoms with Crippen LogP contribution in [-0.2, 0) is 11.3 Å². The fourth-order valence-electron chi connectivity index (χ4n) is 2.02. The topological polar surface area (TPSA) is 24.5 Å². The maximum absolute atomic E-state index is 14.0. The van der Waals surface area contributed by atoms with Crippen LogP contribution >= 0.6 is 0 Å². The largest absolute Gasteiger partial charge is 0.377 e. The van der Waals surface area contributed by atoms with E-state index in [1.54, 1.807) is 6.07 Å². The van der Waals surface area contributed by atoms with Gasteiger partial charge in [0.15, 0.2) is 0 Å². The molecule has 0 spiro atoms. The van der Waals surface area contributed by atoms with Crippen molar-refractivity contribution in [3.05, 3.63) is 29.6 Å². The molecule has 0 saturated heterocycles. The Hall–Kier alpha value is -1.13. The molecule has 4 heteroatoms. The molecule has 0 fully saturated rings. The highest BCUT2D eigenvalue weighted by molar-refractivity contribution is 5.53. The Morgan fingerprint density at radius 1 is 1.35 bits per heavy atom. The third-order valence-corrected chi connectivity index (χ3v) is 3.11. The Morgan fingerprint density at radius 3 is 2.75 bits per heavy atom. The van der Waals surface area contributed by atoms with Crippen LogP contribution in [0.1, 0.15) is 32.8 Å². The first-order valence-electron chi connectivity index (χ1n) is 7.37. The zero-order chi connectivity index (χ0) is 15.0. The van der Waals surface area contributed by atoms with Crippen molar-refractivity contribution in [2.45, 2.75) is 39.8 Å². The Kier molecular flexibility index (Phi) is 7.55. The lowest BCUT2D eigenvalue weighted by atomic mass is 10.1. The maximum atomic E-state index is 14.0. The molecule has 0 unspecified atom stereocenters. The molecule has 0 amide bonds. The fourth-order valence-corrected chi connectivity index (χ4v) is 2.02. The molecule has 0 aromatic heterocycles. The summed E-state index contributed by atoms with van der Waals surface area (Å²) in [4.78, 5) is 2.05. The smallest absolute Gasteiger partial charge is 0.129 e. The first-order chi connectivity index (χ1) is 9.56. The third kappa shape index (κ3) is 5.47. The minimum absolute atomic E-state index is 0.150. The predicted octanol–water partition coefficient (Wildman–Crippen LogP) is 3.19. The molecule has 0 radical (unpaired) electrons. The van der Waals surface area contributed by atoms with Crippen molar-refractivity contribution in [3.63, 3.8) is 0 Å². The minimum Gasteiger partial charge on any atom is -0.377 e. The van der Waals surface area contributed by atoms with E-state index in [1.165, 1.54) is 6.07 Å². The van der Waals surface area contributed by atoms with Gasteiger partial charge in [0.05, 0.1) is 12.7 Å². The van der Waals surface area contributed by atoms with Gasteiger partial charge in [-0.25, -0.2) is 4.39 Å². The third-order valence-electron chi connectivity index (χ3n) is 3.11. The van der Waals surface area contributed by atoms with Gasteiger partial charge >= 0.3 is 0 Å². The molecule has 1 aromatic rings. The van der Waals surface area contributed by atoms with Crippen LogP contribution in [0.2, 0.25) is 0 Å². The summed E-state index contributed by atoms with van der Waals surface area (Å²) >= 11 is 0. The molecular formula is C16H27FN2O. The van der Waals surface area contributed by atoms with E-state index in [9.17, 15) is 4.39 Å². The van der Waals surface area contributed by atoms with Crippen LogP contribution in [0.5, 0.6) is 0 Å². The van der Waals surface area contributed by atoms with Crippen molar-refractivity contribution < 1.29 is 9.13 Å². The predicted molar refractivity (Wildman–Crippen MR) is 82.8 cm³/mol. The molecule has 1 N–H and O–H groups in total. The van der Waals surface area contributed by atoms with Gasteiger partial charge in [0.1, 0.15) is 5.82 Å². The SMILES string of the molecule is CCCNCc1c(F)cccc1N(C)CCOC(C)C. The van der Waals surface area contributed by atoms with Crippen molar-refractivity contribution in [2.24, 2.45) is 0 Å². The summed E-state index contributed by atoms with van der Waals surface area (Å²) in [7, 11) is 1.97. The van der Waals surface area contributed by atoms with E-state index in [2.05, 4.69) is 17.1 Å². The molecule has 0 atom stereocenters. The van der Waals surface area contributed by atoms with Crippen molar-refractivity contribution in [1.82, 2.24) is 5.32 Å². The van der Waals surface area contributed by atoms with Crippen LogP contribution in [0, 0.1) is 5.82 Å². The molecule has 0 aliphatic rings. The quantitative estimate of drug-likeness (QED) is 0.704. The monoisotopic (exact) mass is 282 g/mol. The summed E-state index contributed by atoms with van der Waals surface area (Å²) < 4.78 is 19.5. The summed E-state index contributed by atoms with van der Waals surface area (Å²) in [6, 6.07) is 5.24. The molecule has 0 aliphatic carbocycles. The van der Waals surface area contributed by atoms with Gasteiger partial charge in [-0.2, -0.15) is 0 Å². The molecule has 0 heterocycles. The molecule has 0 aliphatic heterocycles. The van der Waals surface area contributed by atoms with Crippen molar-refractivity contribution >= 4 is 5.69 Å². The number of hydrogen-bond donors (Lipinski definition) is 1. The zero-order valence-electron chi connectivity index (χ0n) is 13.1. The molecule has 114 valence electrons.